The first kappa shape index (κ1) is 13.2. The molecule has 2 nitrogen and oxygen atoms in total. The molecule has 0 spiro atoms. The summed E-state index contributed by atoms with van der Waals surface area (Å²) in [7, 11) is -4.19. The second-order valence-electron chi connectivity index (χ2n) is 3.52. The molecule has 0 N–H and O–H groups in total. The van der Waals surface area contributed by atoms with Crippen LogP contribution in [0.15, 0.2) is 56.7 Å². The zero-order chi connectivity index (χ0) is 13.3. The lowest BCUT2D eigenvalue weighted by Gasteiger charge is -2.07. The van der Waals surface area contributed by atoms with Crippen LogP contribution in [0.25, 0.3) is 0 Å². The van der Waals surface area contributed by atoms with Crippen LogP contribution in [0.5, 0.6) is 0 Å². The van der Waals surface area contributed by atoms with E-state index < -0.39 is 26.4 Å². The molecule has 18 heavy (non-hydrogen) atoms. The van der Waals surface area contributed by atoms with Crippen molar-refractivity contribution in [3.8, 4) is 0 Å². The average molecular weight is 333 g/mol. The van der Waals surface area contributed by atoms with Crippen LogP contribution in [-0.2, 0) is 9.84 Å². The summed E-state index contributed by atoms with van der Waals surface area (Å²) >= 11 is 2.90. The molecule has 0 amide bonds. The van der Waals surface area contributed by atoms with E-state index in [0.717, 1.165) is 12.1 Å². The molecule has 0 bridgehead atoms. The van der Waals surface area contributed by atoms with Gasteiger partial charge in [0.25, 0.3) is 0 Å². The van der Waals surface area contributed by atoms with Gasteiger partial charge < -0.3 is 0 Å². The highest BCUT2D eigenvalue weighted by atomic mass is 79.9. The van der Waals surface area contributed by atoms with Gasteiger partial charge >= 0.3 is 0 Å². The molecule has 0 saturated carbocycles. The monoisotopic (exact) mass is 332 g/mol. The number of sulfone groups is 1. The summed E-state index contributed by atoms with van der Waals surface area (Å²) < 4.78 is 51.6. The maximum Gasteiger partial charge on any atom is 0.212 e. The zero-order valence-electron chi connectivity index (χ0n) is 8.90. The van der Waals surface area contributed by atoms with E-state index in [1.807, 2.05) is 0 Å². The third-order valence-corrected chi connectivity index (χ3v) is 4.56. The van der Waals surface area contributed by atoms with E-state index in [1.54, 1.807) is 6.07 Å². The molecule has 2 aromatic carbocycles. The highest BCUT2D eigenvalue weighted by molar-refractivity contribution is 9.10. The van der Waals surface area contributed by atoms with Crippen molar-refractivity contribution in [2.75, 3.05) is 0 Å². The van der Waals surface area contributed by atoms with Crippen LogP contribution >= 0.6 is 15.9 Å². The average Bonchev–Trinajstić information content (AvgIpc) is 2.28. The maximum atomic E-state index is 13.6. The molecule has 2 rings (SSSR count). The molecule has 0 aliphatic rings. The fourth-order valence-electron chi connectivity index (χ4n) is 1.50. The molecule has 0 aliphatic carbocycles. The fourth-order valence-corrected chi connectivity index (χ4v) is 3.29. The molecule has 0 radical (unpaired) electrons. The van der Waals surface area contributed by atoms with Crippen molar-refractivity contribution in [1.82, 2.24) is 0 Å². The predicted octanol–water partition coefficient (Wildman–Crippen LogP) is 3.56. The maximum absolute atomic E-state index is 13.6. The minimum Gasteiger partial charge on any atom is -0.218 e. The second-order valence-corrected chi connectivity index (χ2v) is 6.32. The first-order chi connectivity index (χ1) is 8.43. The molecule has 0 atom stereocenters. The molecule has 94 valence electrons. The summed E-state index contributed by atoms with van der Waals surface area (Å²) in [4.78, 5) is -1.08. The molecule has 0 aromatic heterocycles. The van der Waals surface area contributed by atoms with Crippen LogP contribution in [0, 0.1) is 11.6 Å². The Morgan fingerprint density at radius 3 is 1.94 bits per heavy atom. The quantitative estimate of drug-likeness (QED) is 0.842. The first-order valence-corrected chi connectivity index (χ1v) is 7.15. The molecular formula is C12H7BrF2O2S. The molecule has 6 heteroatoms. The van der Waals surface area contributed by atoms with Crippen LogP contribution in [0.1, 0.15) is 0 Å². The van der Waals surface area contributed by atoms with Gasteiger partial charge in [0.2, 0.25) is 9.84 Å². The lowest BCUT2D eigenvalue weighted by Crippen LogP contribution is -2.07. The summed E-state index contributed by atoms with van der Waals surface area (Å²) in [5.41, 5.74) is 0. The lowest BCUT2D eigenvalue weighted by atomic mass is 10.3. The van der Waals surface area contributed by atoms with Gasteiger partial charge in [-0.15, -0.1) is 0 Å². The normalized spacial score (nSPS) is 11.5. The lowest BCUT2D eigenvalue weighted by molar-refractivity contribution is 0.518. The summed E-state index contributed by atoms with van der Waals surface area (Å²) in [6, 6.07) is 9.00. The highest BCUT2D eigenvalue weighted by Gasteiger charge is 2.26. The Morgan fingerprint density at radius 1 is 0.944 bits per heavy atom. The van der Waals surface area contributed by atoms with E-state index in [4.69, 9.17) is 0 Å². The van der Waals surface area contributed by atoms with E-state index in [-0.39, 0.29) is 9.37 Å². The van der Waals surface area contributed by atoms with Crippen LogP contribution in [0.4, 0.5) is 8.78 Å². The third kappa shape index (κ3) is 2.30. The van der Waals surface area contributed by atoms with Gasteiger partial charge in [0, 0.05) is 4.47 Å². The van der Waals surface area contributed by atoms with Crippen molar-refractivity contribution >= 4 is 25.8 Å². The van der Waals surface area contributed by atoms with Crippen molar-refractivity contribution in [2.24, 2.45) is 0 Å². The first-order valence-electron chi connectivity index (χ1n) is 4.87. The molecule has 0 heterocycles. The standard InChI is InChI=1S/C12H7BrF2O2S/c13-8-6-10(14)12(11(15)7-8)18(16,17)9-4-2-1-3-5-9/h1-7H. The largest absolute Gasteiger partial charge is 0.218 e. The van der Waals surface area contributed by atoms with Gasteiger partial charge in [-0.2, -0.15) is 0 Å². The van der Waals surface area contributed by atoms with Gasteiger partial charge in [0.1, 0.15) is 16.5 Å². The Morgan fingerprint density at radius 2 is 1.44 bits per heavy atom. The van der Waals surface area contributed by atoms with Gasteiger partial charge in [-0.3, -0.25) is 0 Å². The molecule has 0 unspecified atom stereocenters. The summed E-state index contributed by atoms with van der Waals surface area (Å²) in [5.74, 6) is -2.24. The Balaban J connectivity index is 2.70. The van der Waals surface area contributed by atoms with Crippen molar-refractivity contribution in [1.29, 1.82) is 0 Å². The predicted molar refractivity (Wildman–Crippen MR) is 66.0 cm³/mol. The Bertz CT molecular complexity index is 661. The number of hydrogen-bond donors (Lipinski definition) is 0. The van der Waals surface area contributed by atoms with Crippen LogP contribution in [0.3, 0.4) is 0 Å². The molecule has 0 fully saturated rings. The number of rotatable bonds is 2. The molecular weight excluding hydrogens is 326 g/mol. The van der Waals surface area contributed by atoms with Gasteiger partial charge in [0.15, 0.2) is 0 Å². The van der Waals surface area contributed by atoms with E-state index in [0.29, 0.717) is 0 Å². The molecule has 0 aliphatic heterocycles. The third-order valence-electron chi connectivity index (χ3n) is 2.29. The van der Waals surface area contributed by atoms with E-state index >= 15 is 0 Å². The topological polar surface area (TPSA) is 34.1 Å². The Hall–Kier alpha value is -1.27. The minimum atomic E-state index is -4.19. The van der Waals surface area contributed by atoms with E-state index in [2.05, 4.69) is 15.9 Å². The highest BCUT2D eigenvalue weighted by Crippen LogP contribution is 2.28. The summed E-state index contributed by atoms with van der Waals surface area (Å²) in [5, 5.41) is 0. The summed E-state index contributed by atoms with van der Waals surface area (Å²) in [6.45, 7) is 0. The van der Waals surface area contributed by atoms with Crippen LogP contribution < -0.4 is 0 Å². The van der Waals surface area contributed by atoms with Crippen molar-refractivity contribution in [3.63, 3.8) is 0 Å². The number of hydrogen-bond acceptors (Lipinski definition) is 2. The van der Waals surface area contributed by atoms with Crippen LogP contribution in [-0.4, -0.2) is 8.42 Å². The van der Waals surface area contributed by atoms with Crippen molar-refractivity contribution < 1.29 is 17.2 Å². The Labute approximate surface area is 111 Å². The van der Waals surface area contributed by atoms with Gasteiger partial charge in [-0.05, 0) is 24.3 Å². The van der Waals surface area contributed by atoms with Gasteiger partial charge in [-0.1, -0.05) is 34.1 Å². The SMILES string of the molecule is O=S(=O)(c1ccccc1)c1c(F)cc(Br)cc1F. The van der Waals surface area contributed by atoms with Gasteiger partial charge in [-0.25, -0.2) is 17.2 Å². The number of halogens is 3. The smallest absolute Gasteiger partial charge is 0.212 e. The molecule has 2 aromatic rings. The second kappa shape index (κ2) is 4.78. The van der Waals surface area contributed by atoms with Crippen molar-refractivity contribution in [2.45, 2.75) is 9.79 Å². The van der Waals surface area contributed by atoms with E-state index in [1.165, 1.54) is 24.3 Å². The zero-order valence-corrected chi connectivity index (χ0v) is 11.3. The van der Waals surface area contributed by atoms with Gasteiger partial charge in [0.05, 0.1) is 4.90 Å². The number of benzene rings is 2. The molecule has 0 saturated heterocycles. The fraction of sp³-hybridized carbons (Fsp3) is 0. The minimum absolute atomic E-state index is 0.143. The van der Waals surface area contributed by atoms with E-state index in [9.17, 15) is 17.2 Å². The van der Waals surface area contributed by atoms with Crippen molar-refractivity contribution in [3.05, 3.63) is 58.6 Å². The van der Waals surface area contributed by atoms with Crippen LogP contribution in [0.2, 0.25) is 0 Å². The Kier molecular flexibility index (Phi) is 3.49. The summed E-state index contributed by atoms with van der Waals surface area (Å²) in [6.07, 6.45) is 0.